The number of benzene rings is 2. The van der Waals surface area contributed by atoms with Crippen LogP contribution in [0.2, 0.25) is 5.02 Å². The fourth-order valence-electron chi connectivity index (χ4n) is 2.16. The van der Waals surface area contributed by atoms with Crippen LogP contribution in [0.5, 0.6) is 0 Å². The molecule has 1 amide bonds. The maximum Gasteiger partial charge on any atom is 0.270 e. The van der Waals surface area contributed by atoms with E-state index in [1.807, 2.05) is 18.2 Å². The Kier molecular flexibility index (Phi) is 4.66. The number of nitro benzene ring substituents is 1. The largest absolute Gasteiger partial charge is 0.270 e. The summed E-state index contributed by atoms with van der Waals surface area (Å²) in [5.41, 5.74) is 0.983. The highest BCUT2D eigenvalue weighted by Gasteiger charge is 2.33. The van der Waals surface area contributed by atoms with Crippen molar-refractivity contribution < 1.29 is 9.72 Å². The summed E-state index contributed by atoms with van der Waals surface area (Å²) in [6.45, 7) is 0. The molecule has 0 saturated carbocycles. The molecule has 0 aromatic heterocycles. The third kappa shape index (κ3) is 3.19. The van der Waals surface area contributed by atoms with Crippen LogP contribution >= 0.6 is 35.6 Å². The van der Waals surface area contributed by atoms with Crippen molar-refractivity contribution in [3.05, 3.63) is 74.1 Å². The summed E-state index contributed by atoms with van der Waals surface area (Å²) in [6.07, 6.45) is 1.53. The Morgan fingerprint density at radius 3 is 2.58 bits per heavy atom. The van der Waals surface area contributed by atoms with E-state index in [2.05, 4.69) is 0 Å². The minimum atomic E-state index is -0.511. The number of rotatable bonds is 3. The van der Waals surface area contributed by atoms with Crippen molar-refractivity contribution >= 4 is 63.3 Å². The molecule has 0 spiro atoms. The molecule has 5 nitrogen and oxygen atoms in total. The molecule has 0 unspecified atom stereocenters. The van der Waals surface area contributed by atoms with Crippen molar-refractivity contribution in [2.45, 2.75) is 0 Å². The number of non-ortho nitro benzene ring substituents is 1. The summed E-state index contributed by atoms with van der Waals surface area (Å²) in [4.78, 5) is 24.8. The van der Waals surface area contributed by atoms with E-state index in [-0.39, 0.29) is 11.6 Å². The Hall–Kier alpha value is -2.22. The Morgan fingerprint density at radius 1 is 1.21 bits per heavy atom. The Morgan fingerprint density at radius 2 is 1.92 bits per heavy atom. The number of thiocarbonyl (C=S) groups is 1. The molecular formula is C16H9ClN2O3S2. The molecule has 0 atom stereocenters. The van der Waals surface area contributed by atoms with Crippen molar-refractivity contribution in [3.8, 4) is 0 Å². The highest BCUT2D eigenvalue weighted by atomic mass is 35.5. The van der Waals surface area contributed by atoms with E-state index in [1.54, 1.807) is 12.1 Å². The zero-order valence-electron chi connectivity index (χ0n) is 12.0. The number of para-hydroxylation sites is 1. The normalized spacial score (nSPS) is 16.0. The molecule has 1 fully saturated rings. The van der Waals surface area contributed by atoms with Gasteiger partial charge < -0.3 is 0 Å². The zero-order chi connectivity index (χ0) is 17.3. The molecule has 1 heterocycles. The quantitative estimate of drug-likeness (QED) is 0.337. The van der Waals surface area contributed by atoms with E-state index >= 15 is 0 Å². The first-order chi connectivity index (χ1) is 11.5. The number of hydrogen-bond acceptors (Lipinski definition) is 5. The van der Waals surface area contributed by atoms with E-state index in [0.29, 0.717) is 25.5 Å². The van der Waals surface area contributed by atoms with Gasteiger partial charge in [0, 0.05) is 22.7 Å². The molecule has 2 aromatic carbocycles. The van der Waals surface area contributed by atoms with Gasteiger partial charge in [0.05, 0.1) is 15.5 Å². The molecule has 8 heteroatoms. The Balaban J connectivity index is 1.98. The van der Waals surface area contributed by atoms with Crippen molar-refractivity contribution in [2.24, 2.45) is 0 Å². The number of carbonyl (C=O) groups excluding carboxylic acids is 1. The van der Waals surface area contributed by atoms with E-state index in [9.17, 15) is 14.9 Å². The summed E-state index contributed by atoms with van der Waals surface area (Å²) in [5.74, 6) is -0.279. The summed E-state index contributed by atoms with van der Waals surface area (Å²) >= 11 is 12.5. The molecule has 0 aliphatic carbocycles. The van der Waals surface area contributed by atoms with Crippen LogP contribution in [0.1, 0.15) is 5.56 Å². The number of nitrogens with zero attached hydrogens (tertiary/aromatic N) is 2. The van der Waals surface area contributed by atoms with Crippen LogP contribution in [-0.4, -0.2) is 15.2 Å². The fourth-order valence-corrected chi connectivity index (χ4v) is 3.63. The number of anilines is 1. The van der Waals surface area contributed by atoms with E-state index in [0.717, 1.165) is 11.8 Å². The monoisotopic (exact) mass is 376 g/mol. The summed E-state index contributed by atoms with van der Waals surface area (Å²) in [7, 11) is 0. The van der Waals surface area contributed by atoms with Gasteiger partial charge in [-0.25, -0.2) is 0 Å². The van der Waals surface area contributed by atoms with Gasteiger partial charge >= 0.3 is 0 Å². The lowest BCUT2D eigenvalue weighted by atomic mass is 10.2. The lowest BCUT2D eigenvalue weighted by Gasteiger charge is -2.13. The van der Waals surface area contributed by atoms with Crippen LogP contribution in [0.15, 0.2) is 53.4 Å². The summed E-state index contributed by atoms with van der Waals surface area (Å²) in [6, 6.07) is 13.1. The fraction of sp³-hybridized carbons (Fsp3) is 0. The minimum absolute atomic E-state index is 0.0933. The summed E-state index contributed by atoms with van der Waals surface area (Å²) in [5, 5.41) is 11.2. The molecule has 1 saturated heterocycles. The van der Waals surface area contributed by atoms with Crippen LogP contribution in [0.3, 0.4) is 0 Å². The third-order valence-electron chi connectivity index (χ3n) is 3.29. The van der Waals surface area contributed by atoms with Gasteiger partial charge in [0.25, 0.3) is 11.6 Å². The predicted octanol–water partition coefficient (Wildman–Crippen LogP) is 4.65. The van der Waals surface area contributed by atoms with Gasteiger partial charge in [0.15, 0.2) is 4.32 Å². The van der Waals surface area contributed by atoms with Crippen molar-refractivity contribution in [1.29, 1.82) is 0 Å². The highest BCUT2D eigenvalue weighted by Crippen LogP contribution is 2.37. The second kappa shape index (κ2) is 6.72. The third-order valence-corrected chi connectivity index (χ3v) is 4.93. The average Bonchev–Trinajstić information content (AvgIpc) is 2.84. The number of nitro groups is 1. The highest BCUT2D eigenvalue weighted by molar-refractivity contribution is 8.27. The number of amides is 1. The SMILES string of the molecule is O=C1/C(=C\c2cc([N+](=O)[O-])ccc2Cl)SC(=S)N1c1ccccc1. The van der Waals surface area contributed by atoms with Crippen LogP contribution in [-0.2, 0) is 4.79 Å². The van der Waals surface area contributed by atoms with E-state index in [1.165, 1.54) is 29.2 Å². The van der Waals surface area contributed by atoms with E-state index in [4.69, 9.17) is 23.8 Å². The maximum absolute atomic E-state index is 12.6. The molecule has 0 bridgehead atoms. The Bertz CT molecular complexity index is 884. The zero-order valence-corrected chi connectivity index (χ0v) is 14.4. The first-order valence-electron chi connectivity index (χ1n) is 6.74. The van der Waals surface area contributed by atoms with Gasteiger partial charge in [-0.2, -0.15) is 0 Å². The number of carbonyl (C=O) groups is 1. The van der Waals surface area contributed by atoms with Gasteiger partial charge in [-0.05, 0) is 24.3 Å². The molecule has 1 aliphatic rings. The second-order valence-electron chi connectivity index (χ2n) is 4.82. The minimum Gasteiger partial charge on any atom is -0.268 e. The molecule has 1 aliphatic heterocycles. The second-order valence-corrected chi connectivity index (χ2v) is 6.90. The molecule has 120 valence electrons. The first-order valence-corrected chi connectivity index (χ1v) is 8.34. The molecule has 2 aromatic rings. The lowest BCUT2D eigenvalue weighted by Crippen LogP contribution is -2.27. The average molecular weight is 377 g/mol. The lowest BCUT2D eigenvalue weighted by molar-refractivity contribution is -0.384. The molecular weight excluding hydrogens is 368 g/mol. The van der Waals surface area contributed by atoms with Crippen LogP contribution in [0.25, 0.3) is 6.08 Å². The van der Waals surface area contributed by atoms with Gasteiger partial charge in [-0.1, -0.05) is 53.8 Å². The number of thioether (sulfide) groups is 1. The number of halogens is 1. The molecule has 3 rings (SSSR count). The topological polar surface area (TPSA) is 63.4 Å². The number of hydrogen-bond donors (Lipinski definition) is 0. The van der Waals surface area contributed by atoms with Gasteiger partial charge in [0.1, 0.15) is 0 Å². The van der Waals surface area contributed by atoms with Crippen LogP contribution in [0.4, 0.5) is 11.4 Å². The first kappa shape index (κ1) is 16.6. The van der Waals surface area contributed by atoms with Crippen LogP contribution in [0, 0.1) is 10.1 Å². The molecule has 24 heavy (non-hydrogen) atoms. The van der Waals surface area contributed by atoms with E-state index < -0.39 is 4.92 Å². The van der Waals surface area contributed by atoms with Gasteiger partial charge in [-0.3, -0.25) is 19.8 Å². The smallest absolute Gasteiger partial charge is 0.268 e. The maximum atomic E-state index is 12.6. The van der Waals surface area contributed by atoms with Gasteiger partial charge in [-0.15, -0.1) is 0 Å². The van der Waals surface area contributed by atoms with Crippen molar-refractivity contribution in [1.82, 2.24) is 0 Å². The van der Waals surface area contributed by atoms with Gasteiger partial charge in [0.2, 0.25) is 0 Å². The summed E-state index contributed by atoms with van der Waals surface area (Å²) < 4.78 is 0.402. The standard InChI is InChI=1S/C16H9ClN2O3S2/c17-13-7-6-12(19(21)22)8-10(13)9-14-15(20)18(16(23)24-14)11-4-2-1-3-5-11/h1-9H/b14-9+. The van der Waals surface area contributed by atoms with Crippen LogP contribution < -0.4 is 4.90 Å². The predicted molar refractivity (Wildman–Crippen MR) is 100 cm³/mol. The molecule has 0 N–H and O–H groups in total. The van der Waals surface area contributed by atoms with Crippen molar-refractivity contribution in [2.75, 3.05) is 4.90 Å². The van der Waals surface area contributed by atoms with Crippen molar-refractivity contribution in [3.63, 3.8) is 0 Å². The molecule has 0 radical (unpaired) electrons. The Labute approximate surface area is 152 Å².